The highest BCUT2D eigenvalue weighted by Gasteiger charge is 2.34. The summed E-state index contributed by atoms with van der Waals surface area (Å²) in [6.45, 7) is 4.40. The predicted molar refractivity (Wildman–Crippen MR) is 109 cm³/mol. The second-order valence-corrected chi connectivity index (χ2v) is 9.38. The van der Waals surface area contributed by atoms with Gasteiger partial charge >= 0.3 is 0 Å². The molecule has 9 heteroatoms. The van der Waals surface area contributed by atoms with Crippen molar-refractivity contribution in [3.63, 3.8) is 0 Å². The molecule has 1 aromatic carbocycles. The van der Waals surface area contributed by atoms with Crippen LogP contribution in [0.15, 0.2) is 35.5 Å². The normalized spacial score (nSPS) is 18.1. The number of sulfonamides is 1. The van der Waals surface area contributed by atoms with Crippen LogP contribution in [-0.2, 0) is 10.0 Å². The molecule has 1 atom stereocenters. The molecule has 0 bridgehead atoms. The van der Waals surface area contributed by atoms with Crippen molar-refractivity contribution in [1.82, 2.24) is 14.3 Å². The topological polar surface area (TPSA) is 75.6 Å². The summed E-state index contributed by atoms with van der Waals surface area (Å²) in [4.78, 5) is 10.0. The van der Waals surface area contributed by atoms with Crippen molar-refractivity contribution in [2.75, 3.05) is 32.1 Å². The van der Waals surface area contributed by atoms with Gasteiger partial charge in [-0.1, -0.05) is 26.0 Å². The zero-order chi connectivity index (χ0) is 21.2. The summed E-state index contributed by atoms with van der Waals surface area (Å²) in [7, 11) is -0.531. The largest absolute Gasteiger partial charge is 0.495 e. The third-order valence-electron chi connectivity index (χ3n) is 5.27. The number of anilines is 1. The molecular formula is C20H27FN4O3S. The van der Waals surface area contributed by atoms with Crippen molar-refractivity contribution in [2.24, 2.45) is 0 Å². The Morgan fingerprint density at radius 2 is 2.00 bits per heavy atom. The molecular weight excluding hydrogens is 395 g/mol. The van der Waals surface area contributed by atoms with Gasteiger partial charge in [-0.15, -0.1) is 0 Å². The number of hydrogen-bond acceptors (Lipinski definition) is 6. The first-order chi connectivity index (χ1) is 13.8. The molecule has 2 aromatic rings. The van der Waals surface area contributed by atoms with Crippen molar-refractivity contribution in [3.05, 3.63) is 42.1 Å². The fourth-order valence-corrected chi connectivity index (χ4v) is 5.29. The molecule has 0 radical (unpaired) electrons. The fraction of sp³-hybridized carbons (Fsp3) is 0.500. The first-order valence-electron chi connectivity index (χ1n) is 9.63. The van der Waals surface area contributed by atoms with Gasteiger partial charge in [0.05, 0.1) is 12.8 Å². The number of rotatable bonds is 6. The summed E-state index contributed by atoms with van der Waals surface area (Å²) < 4.78 is 48.0. The van der Waals surface area contributed by atoms with E-state index in [1.165, 1.54) is 17.7 Å². The number of para-hydroxylation sites is 1. The van der Waals surface area contributed by atoms with E-state index in [0.29, 0.717) is 24.4 Å². The second-order valence-electron chi connectivity index (χ2n) is 7.47. The molecule has 7 nitrogen and oxygen atoms in total. The molecule has 1 fully saturated rings. The monoisotopic (exact) mass is 422 g/mol. The average Bonchev–Trinajstić information content (AvgIpc) is 2.73. The molecule has 1 aliphatic heterocycles. The minimum absolute atomic E-state index is 0.0704. The Balaban J connectivity index is 1.87. The minimum atomic E-state index is -3.73. The minimum Gasteiger partial charge on any atom is -0.495 e. The molecule has 1 aromatic heterocycles. The van der Waals surface area contributed by atoms with Crippen LogP contribution < -0.4 is 9.64 Å². The van der Waals surface area contributed by atoms with E-state index in [1.54, 1.807) is 36.2 Å². The first-order valence-corrected chi connectivity index (χ1v) is 11.1. The van der Waals surface area contributed by atoms with Crippen molar-refractivity contribution in [3.8, 4) is 5.75 Å². The van der Waals surface area contributed by atoms with Crippen LogP contribution in [0.5, 0.6) is 5.75 Å². The van der Waals surface area contributed by atoms with E-state index in [4.69, 9.17) is 4.74 Å². The highest BCUT2D eigenvalue weighted by atomic mass is 32.2. The number of halogens is 1. The first kappa shape index (κ1) is 21.4. The molecule has 0 N–H and O–H groups in total. The summed E-state index contributed by atoms with van der Waals surface area (Å²) in [5.41, 5.74) is 0.358. The standard InChI is InChI=1S/C20H27FN4O3S/c1-14(2)19-18(21)20(23-13-22-19)24(3)15-8-7-11-25(12-15)29(26,27)17-10-6-5-9-16(17)28-4/h5-6,9-10,13-15H,7-8,11-12H2,1-4H3. The van der Waals surface area contributed by atoms with E-state index >= 15 is 0 Å². The van der Waals surface area contributed by atoms with Crippen molar-refractivity contribution < 1.29 is 17.5 Å². The van der Waals surface area contributed by atoms with Gasteiger partial charge in [0.25, 0.3) is 0 Å². The molecule has 0 aliphatic carbocycles. The van der Waals surface area contributed by atoms with Gasteiger partial charge in [-0.3, -0.25) is 0 Å². The molecule has 0 spiro atoms. The van der Waals surface area contributed by atoms with Crippen LogP contribution in [0.25, 0.3) is 0 Å². The zero-order valence-corrected chi connectivity index (χ0v) is 18.0. The molecule has 29 heavy (non-hydrogen) atoms. The van der Waals surface area contributed by atoms with Gasteiger partial charge in [0.2, 0.25) is 10.0 Å². The van der Waals surface area contributed by atoms with E-state index in [2.05, 4.69) is 9.97 Å². The Hall–Kier alpha value is -2.26. The molecule has 0 saturated carbocycles. The Bertz CT molecular complexity index is 968. The number of likely N-dealkylation sites (N-methyl/N-ethyl adjacent to an activating group) is 1. The summed E-state index contributed by atoms with van der Waals surface area (Å²) in [5, 5.41) is 0. The number of benzene rings is 1. The maximum absolute atomic E-state index is 14.9. The Morgan fingerprint density at radius 1 is 1.28 bits per heavy atom. The predicted octanol–water partition coefficient (Wildman–Crippen LogP) is 3.04. The number of ether oxygens (including phenoxy) is 1. The van der Waals surface area contributed by atoms with Crippen LogP contribution in [0.4, 0.5) is 10.2 Å². The number of piperidine rings is 1. The fourth-order valence-electron chi connectivity index (χ4n) is 3.62. The second kappa shape index (κ2) is 8.62. The summed E-state index contributed by atoms with van der Waals surface area (Å²) in [5.74, 6) is -0.00901. The molecule has 1 unspecified atom stereocenters. The van der Waals surface area contributed by atoms with E-state index in [9.17, 15) is 12.8 Å². The van der Waals surface area contributed by atoms with Crippen LogP contribution in [0.3, 0.4) is 0 Å². The number of hydrogen-bond donors (Lipinski definition) is 0. The van der Waals surface area contributed by atoms with Gasteiger partial charge in [0, 0.05) is 26.2 Å². The Kier molecular flexibility index (Phi) is 6.38. The molecule has 2 heterocycles. The SMILES string of the molecule is COc1ccccc1S(=O)(=O)N1CCCC(N(C)c2ncnc(C(C)C)c2F)C1. The summed E-state index contributed by atoms with van der Waals surface area (Å²) in [6, 6.07) is 6.38. The van der Waals surface area contributed by atoms with Gasteiger partial charge in [0.15, 0.2) is 11.6 Å². The van der Waals surface area contributed by atoms with Crippen LogP contribution in [-0.4, -0.2) is 56.0 Å². The van der Waals surface area contributed by atoms with Crippen molar-refractivity contribution >= 4 is 15.8 Å². The maximum Gasteiger partial charge on any atom is 0.246 e. The van der Waals surface area contributed by atoms with Gasteiger partial charge < -0.3 is 9.64 Å². The zero-order valence-electron chi connectivity index (χ0n) is 17.2. The molecule has 1 aliphatic rings. The Morgan fingerprint density at radius 3 is 2.69 bits per heavy atom. The van der Waals surface area contributed by atoms with E-state index < -0.39 is 15.8 Å². The summed E-state index contributed by atoms with van der Waals surface area (Å²) in [6.07, 6.45) is 2.78. The van der Waals surface area contributed by atoms with Gasteiger partial charge in [-0.2, -0.15) is 4.31 Å². The van der Waals surface area contributed by atoms with Crippen LogP contribution in [0.2, 0.25) is 0 Å². The van der Waals surface area contributed by atoms with Crippen LogP contribution >= 0.6 is 0 Å². The average molecular weight is 423 g/mol. The van der Waals surface area contributed by atoms with Crippen molar-refractivity contribution in [1.29, 1.82) is 0 Å². The smallest absolute Gasteiger partial charge is 0.246 e. The third-order valence-corrected chi connectivity index (χ3v) is 7.18. The Labute approximate surface area is 171 Å². The lowest BCUT2D eigenvalue weighted by Gasteiger charge is -2.37. The molecule has 0 amide bonds. The quantitative estimate of drug-likeness (QED) is 0.712. The summed E-state index contributed by atoms with van der Waals surface area (Å²) >= 11 is 0. The van der Waals surface area contributed by atoms with E-state index in [-0.39, 0.29) is 29.2 Å². The lowest BCUT2D eigenvalue weighted by Crippen LogP contribution is -2.49. The van der Waals surface area contributed by atoms with Crippen LogP contribution in [0.1, 0.15) is 38.3 Å². The molecule has 158 valence electrons. The highest BCUT2D eigenvalue weighted by molar-refractivity contribution is 7.89. The van der Waals surface area contributed by atoms with Gasteiger partial charge in [-0.25, -0.2) is 22.8 Å². The van der Waals surface area contributed by atoms with Crippen LogP contribution in [0, 0.1) is 5.82 Å². The maximum atomic E-state index is 14.9. The number of nitrogens with zero attached hydrogens (tertiary/aromatic N) is 4. The molecule has 1 saturated heterocycles. The lowest BCUT2D eigenvalue weighted by molar-refractivity contribution is 0.307. The lowest BCUT2D eigenvalue weighted by atomic mass is 10.1. The van der Waals surface area contributed by atoms with Gasteiger partial charge in [-0.05, 0) is 30.9 Å². The third kappa shape index (κ3) is 4.20. The number of aromatic nitrogens is 2. The van der Waals surface area contributed by atoms with E-state index in [0.717, 1.165) is 6.42 Å². The van der Waals surface area contributed by atoms with E-state index in [1.807, 2.05) is 13.8 Å². The van der Waals surface area contributed by atoms with Crippen molar-refractivity contribution in [2.45, 2.75) is 43.5 Å². The highest BCUT2D eigenvalue weighted by Crippen LogP contribution is 2.31. The number of methoxy groups -OCH3 is 1. The molecule has 3 rings (SSSR count). The van der Waals surface area contributed by atoms with Gasteiger partial charge in [0.1, 0.15) is 17.0 Å².